The SMILES string of the molecule is CCC(CC)CC(CNCC(C)C)Cc1ccccc1Cl. The lowest BCUT2D eigenvalue weighted by Crippen LogP contribution is -2.29. The number of nitrogens with one attached hydrogen (secondary N) is 1. The second-order valence-electron chi connectivity index (χ2n) is 6.63. The van der Waals surface area contributed by atoms with Gasteiger partial charge in [-0.05, 0) is 55.3 Å². The van der Waals surface area contributed by atoms with Crippen molar-refractivity contribution in [1.29, 1.82) is 0 Å². The van der Waals surface area contributed by atoms with E-state index in [-0.39, 0.29) is 0 Å². The Morgan fingerprint density at radius 1 is 1.00 bits per heavy atom. The first kappa shape index (κ1) is 18.5. The van der Waals surface area contributed by atoms with Crippen LogP contribution in [0.1, 0.15) is 52.5 Å². The fraction of sp³-hybridized carbons (Fsp3) is 0.684. The highest BCUT2D eigenvalue weighted by Crippen LogP contribution is 2.25. The normalized spacial score (nSPS) is 13.1. The first-order valence-corrected chi connectivity index (χ1v) is 8.88. The van der Waals surface area contributed by atoms with Crippen LogP contribution in [-0.4, -0.2) is 13.1 Å². The molecule has 1 rings (SSSR count). The van der Waals surface area contributed by atoms with Gasteiger partial charge in [0.1, 0.15) is 0 Å². The Labute approximate surface area is 136 Å². The van der Waals surface area contributed by atoms with Crippen molar-refractivity contribution in [3.63, 3.8) is 0 Å². The van der Waals surface area contributed by atoms with Gasteiger partial charge in [0.05, 0.1) is 0 Å². The van der Waals surface area contributed by atoms with Crippen LogP contribution in [0.4, 0.5) is 0 Å². The van der Waals surface area contributed by atoms with E-state index in [9.17, 15) is 0 Å². The molecule has 0 fully saturated rings. The van der Waals surface area contributed by atoms with E-state index < -0.39 is 0 Å². The van der Waals surface area contributed by atoms with Gasteiger partial charge in [-0.3, -0.25) is 0 Å². The molecular formula is C19H32ClN. The van der Waals surface area contributed by atoms with Gasteiger partial charge in [0.15, 0.2) is 0 Å². The average Bonchev–Trinajstić information content (AvgIpc) is 2.46. The van der Waals surface area contributed by atoms with Gasteiger partial charge < -0.3 is 5.32 Å². The van der Waals surface area contributed by atoms with Crippen molar-refractivity contribution in [2.45, 2.75) is 53.4 Å². The zero-order valence-electron chi connectivity index (χ0n) is 14.2. The van der Waals surface area contributed by atoms with Crippen molar-refractivity contribution in [2.75, 3.05) is 13.1 Å². The lowest BCUT2D eigenvalue weighted by atomic mass is 9.86. The molecule has 0 amide bonds. The van der Waals surface area contributed by atoms with Crippen molar-refractivity contribution < 1.29 is 0 Å². The van der Waals surface area contributed by atoms with E-state index >= 15 is 0 Å². The molecule has 0 heterocycles. The Balaban J connectivity index is 2.64. The van der Waals surface area contributed by atoms with Gasteiger partial charge >= 0.3 is 0 Å². The fourth-order valence-corrected chi connectivity index (χ4v) is 3.10. The van der Waals surface area contributed by atoms with Crippen LogP contribution in [0.3, 0.4) is 0 Å². The highest BCUT2D eigenvalue weighted by Gasteiger charge is 2.16. The second-order valence-corrected chi connectivity index (χ2v) is 7.04. The molecule has 1 atom stereocenters. The number of rotatable bonds is 10. The van der Waals surface area contributed by atoms with E-state index in [1.54, 1.807) is 0 Å². The molecule has 2 heteroatoms. The molecular weight excluding hydrogens is 278 g/mol. The zero-order chi connectivity index (χ0) is 15.7. The quantitative estimate of drug-likeness (QED) is 0.595. The highest BCUT2D eigenvalue weighted by atomic mass is 35.5. The topological polar surface area (TPSA) is 12.0 Å². The molecule has 1 aromatic rings. The molecule has 1 nitrogen and oxygen atoms in total. The molecule has 0 bridgehead atoms. The van der Waals surface area contributed by atoms with Crippen molar-refractivity contribution in [2.24, 2.45) is 17.8 Å². The summed E-state index contributed by atoms with van der Waals surface area (Å²) in [5.41, 5.74) is 1.29. The molecule has 1 aromatic carbocycles. The maximum absolute atomic E-state index is 6.34. The zero-order valence-corrected chi connectivity index (χ0v) is 14.9. The summed E-state index contributed by atoms with van der Waals surface area (Å²) >= 11 is 6.34. The summed E-state index contributed by atoms with van der Waals surface area (Å²) in [7, 11) is 0. The first-order valence-electron chi connectivity index (χ1n) is 8.50. The maximum Gasteiger partial charge on any atom is 0.0438 e. The van der Waals surface area contributed by atoms with E-state index in [4.69, 9.17) is 11.6 Å². The molecule has 1 N–H and O–H groups in total. The number of halogens is 1. The van der Waals surface area contributed by atoms with Gasteiger partial charge in [-0.25, -0.2) is 0 Å². The fourth-order valence-electron chi connectivity index (χ4n) is 2.88. The molecule has 0 aromatic heterocycles. The first-order chi connectivity index (χ1) is 10.1. The molecule has 1 unspecified atom stereocenters. The minimum absolute atomic E-state index is 0.675. The minimum Gasteiger partial charge on any atom is -0.316 e. The lowest BCUT2D eigenvalue weighted by Gasteiger charge is -2.23. The molecule has 0 aliphatic carbocycles. The summed E-state index contributed by atoms with van der Waals surface area (Å²) in [6.45, 7) is 11.3. The van der Waals surface area contributed by atoms with E-state index in [0.29, 0.717) is 11.8 Å². The molecule has 0 aliphatic rings. The van der Waals surface area contributed by atoms with E-state index in [1.165, 1.54) is 24.8 Å². The average molecular weight is 310 g/mol. The van der Waals surface area contributed by atoms with Gasteiger partial charge in [0.2, 0.25) is 0 Å². The van der Waals surface area contributed by atoms with E-state index in [0.717, 1.165) is 30.5 Å². The Kier molecular flexibility index (Phi) is 9.03. The van der Waals surface area contributed by atoms with Crippen molar-refractivity contribution in [3.05, 3.63) is 34.9 Å². The Bertz CT molecular complexity index is 385. The van der Waals surface area contributed by atoms with Crippen LogP contribution < -0.4 is 5.32 Å². The number of hydrogen-bond donors (Lipinski definition) is 1. The Morgan fingerprint density at radius 2 is 1.67 bits per heavy atom. The van der Waals surface area contributed by atoms with Crippen LogP contribution in [0.15, 0.2) is 24.3 Å². The monoisotopic (exact) mass is 309 g/mol. The van der Waals surface area contributed by atoms with Crippen LogP contribution >= 0.6 is 11.6 Å². The third kappa shape index (κ3) is 7.33. The minimum atomic E-state index is 0.675. The van der Waals surface area contributed by atoms with Gasteiger partial charge in [-0.1, -0.05) is 70.3 Å². The lowest BCUT2D eigenvalue weighted by molar-refractivity contribution is 0.333. The van der Waals surface area contributed by atoms with Crippen molar-refractivity contribution in [1.82, 2.24) is 5.32 Å². The third-order valence-electron chi connectivity index (χ3n) is 4.27. The Hall–Kier alpha value is -0.530. The van der Waals surface area contributed by atoms with Crippen LogP contribution in [0.2, 0.25) is 5.02 Å². The molecule has 21 heavy (non-hydrogen) atoms. The number of benzene rings is 1. The van der Waals surface area contributed by atoms with Crippen LogP contribution in [0.25, 0.3) is 0 Å². The smallest absolute Gasteiger partial charge is 0.0438 e. The molecule has 0 saturated heterocycles. The summed E-state index contributed by atoms with van der Waals surface area (Å²) in [6, 6.07) is 8.28. The van der Waals surface area contributed by atoms with Gasteiger partial charge in [0, 0.05) is 5.02 Å². The number of hydrogen-bond acceptors (Lipinski definition) is 1. The van der Waals surface area contributed by atoms with Crippen molar-refractivity contribution in [3.8, 4) is 0 Å². The molecule has 0 saturated carbocycles. The molecule has 0 aliphatic heterocycles. The summed E-state index contributed by atoms with van der Waals surface area (Å²) in [5, 5.41) is 4.55. The highest BCUT2D eigenvalue weighted by molar-refractivity contribution is 6.31. The summed E-state index contributed by atoms with van der Waals surface area (Å²) in [6.07, 6.45) is 4.93. The largest absolute Gasteiger partial charge is 0.316 e. The molecule has 0 spiro atoms. The molecule has 120 valence electrons. The third-order valence-corrected chi connectivity index (χ3v) is 4.64. The van der Waals surface area contributed by atoms with Gasteiger partial charge in [-0.15, -0.1) is 0 Å². The van der Waals surface area contributed by atoms with E-state index in [1.807, 2.05) is 12.1 Å². The summed E-state index contributed by atoms with van der Waals surface area (Å²) in [5.74, 6) is 2.21. The van der Waals surface area contributed by atoms with Crippen LogP contribution in [0, 0.1) is 17.8 Å². The van der Waals surface area contributed by atoms with Gasteiger partial charge in [0.25, 0.3) is 0 Å². The predicted molar refractivity (Wildman–Crippen MR) is 95.0 cm³/mol. The maximum atomic E-state index is 6.34. The standard InChI is InChI=1S/C19H32ClN/c1-5-16(6-2)11-17(14-21-13-15(3)4)12-18-9-7-8-10-19(18)20/h7-10,15-17,21H,5-6,11-14H2,1-4H3. The summed E-state index contributed by atoms with van der Waals surface area (Å²) in [4.78, 5) is 0. The van der Waals surface area contributed by atoms with Crippen molar-refractivity contribution >= 4 is 11.6 Å². The second kappa shape index (κ2) is 10.2. The molecule has 0 radical (unpaired) electrons. The van der Waals surface area contributed by atoms with E-state index in [2.05, 4.69) is 45.1 Å². The van der Waals surface area contributed by atoms with Gasteiger partial charge in [-0.2, -0.15) is 0 Å². The summed E-state index contributed by atoms with van der Waals surface area (Å²) < 4.78 is 0. The Morgan fingerprint density at radius 3 is 2.24 bits per heavy atom. The van der Waals surface area contributed by atoms with Crippen LogP contribution in [-0.2, 0) is 6.42 Å². The van der Waals surface area contributed by atoms with Crippen LogP contribution in [0.5, 0.6) is 0 Å². The predicted octanol–water partition coefficient (Wildman–Crippen LogP) is 5.57.